The highest BCUT2D eigenvalue weighted by molar-refractivity contribution is 8.14. The number of carbonyl (C=O) groups is 2. The fourth-order valence-electron chi connectivity index (χ4n) is 3.70. The first-order valence-electron chi connectivity index (χ1n) is 10.4. The molecule has 0 radical (unpaired) electrons. The van der Waals surface area contributed by atoms with Gasteiger partial charge in [0.1, 0.15) is 5.75 Å². The Bertz CT molecular complexity index is 1150. The molecule has 0 N–H and O–H groups in total. The first kappa shape index (κ1) is 21.8. The van der Waals surface area contributed by atoms with Crippen LogP contribution in [-0.4, -0.2) is 33.3 Å². The van der Waals surface area contributed by atoms with Crippen LogP contribution in [0.1, 0.15) is 24.0 Å². The summed E-state index contributed by atoms with van der Waals surface area (Å²) in [5, 5.41) is 12.4. The number of hydrogen-bond acceptors (Lipinski definition) is 6. The van der Waals surface area contributed by atoms with Crippen molar-refractivity contribution in [2.24, 2.45) is 0 Å². The molecule has 4 rings (SSSR count). The van der Waals surface area contributed by atoms with Crippen LogP contribution < -0.4 is 4.74 Å². The van der Waals surface area contributed by atoms with Gasteiger partial charge in [-0.25, -0.2) is 0 Å². The number of unbranched alkanes of at least 4 members (excludes halogenated alkanes) is 1. The van der Waals surface area contributed by atoms with Gasteiger partial charge in [0.15, 0.2) is 0 Å². The first-order valence-corrected chi connectivity index (χ1v) is 11.4. The minimum absolute atomic E-state index is 0.102. The number of nitro benzene ring substituents is 1. The molecule has 1 aliphatic heterocycles. The average molecular weight is 451 g/mol. The van der Waals surface area contributed by atoms with Crippen molar-refractivity contribution in [3.63, 3.8) is 0 Å². The smallest absolute Gasteiger partial charge is 0.289 e. The second kappa shape index (κ2) is 9.82. The monoisotopic (exact) mass is 450 g/mol. The Labute approximate surface area is 189 Å². The molecule has 3 aromatic carbocycles. The third kappa shape index (κ3) is 4.91. The van der Waals surface area contributed by atoms with Gasteiger partial charge >= 0.3 is 0 Å². The van der Waals surface area contributed by atoms with E-state index in [1.54, 1.807) is 12.1 Å². The van der Waals surface area contributed by atoms with Crippen molar-refractivity contribution in [3.8, 4) is 5.75 Å². The lowest BCUT2D eigenvalue weighted by molar-refractivity contribution is -0.384. The number of rotatable bonds is 9. The van der Waals surface area contributed by atoms with E-state index in [1.165, 1.54) is 17.0 Å². The fourth-order valence-corrected chi connectivity index (χ4v) is 4.42. The second-order valence-corrected chi connectivity index (χ2v) is 8.46. The molecule has 1 heterocycles. The maximum absolute atomic E-state index is 12.0. The normalized spacial score (nSPS) is 13.7. The SMILES string of the molecule is O=C1CSC(=O)N1Cc1ccc(OCCCCc2ccc([N+](=O)[O-])cc2)c2ccccc12. The predicted molar refractivity (Wildman–Crippen MR) is 124 cm³/mol. The van der Waals surface area contributed by atoms with Gasteiger partial charge in [-0.3, -0.25) is 24.6 Å². The van der Waals surface area contributed by atoms with Crippen LogP contribution in [-0.2, 0) is 17.8 Å². The molecular weight excluding hydrogens is 428 g/mol. The lowest BCUT2D eigenvalue weighted by Crippen LogP contribution is -2.28. The van der Waals surface area contributed by atoms with E-state index in [-0.39, 0.29) is 29.1 Å². The number of hydrogen-bond donors (Lipinski definition) is 0. The minimum atomic E-state index is -0.396. The van der Waals surface area contributed by atoms with Crippen molar-refractivity contribution in [2.45, 2.75) is 25.8 Å². The number of non-ortho nitro benzene ring substituents is 1. The van der Waals surface area contributed by atoms with Crippen molar-refractivity contribution in [2.75, 3.05) is 12.4 Å². The van der Waals surface area contributed by atoms with Crippen molar-refractivity contribution >= 4 is 39.4 Å². The van der Waals surface area contributed by atoms with Crippen LogP contribution in [0.4, 0.5) is 10.5 Å². The summed E-state index contributed by atoms with van der Waals surface area (Å²) in [5.74, 6) is 0.822. The van der Waals surface area contributed by atoms with Crippen molar-refractivity contribution in [1.29, 1.82) is 0 Å². The molecule has 2 amide bonds. The van der Waals surface area contributed by atoms with Crippen molar-refractivity contribution < 1.29 is 19.2 Å². The zero-order valence-corrected chi connectivity index (χ0v) is 18.2. The maximum atomic E-state index is 12.0. The van der Waals surface area contributed by atoms with E-state index >= 15 is 0 Å². The van der Waals surface area contributed by atoms with E-state index in [9.17, 15) is 19.7 Å². The van der Waals surface area contributed by atoms with Crippen molar-refractivity contribution in [3.05, 3.63) is 81.9 Å². The molecule has 0 saturated carbocycles. The van der Waals surface area contributed by atoms with Crippen molar-refractivity contribution in [1.82, 2.24) is 4.90 Å². The van der Waals surface area contributed by atoms with Gasteiger partial charge < -0.3 is 4.74 Å². The van der Waals surface area contributed by atoms with Crippen LogP contribution in [0.15, 0.2) is 60.7 Å². The largest absolute Gasteiger partial charge is 0.493 e. The number of thioether (sulfide) groups is 1. The first-order chi connectivity index (χ1) is 15.5. The third-order valence-electron chi connectivity index (χ3n) is 5.41. The number of carbonyl (C=O) groups excluding carboxylic acids is 2. The number of ether oxygens (including phenoxy) is 1. The summed E-state index contributed by atoms with van der Waals surface area (Å²) in [6, 6.07) is 18.3. The summed E-state index contributed by atoms with van der Waals surface area (Å²) in [6.45, 7) is 0.816. The van der Waals surface area contributed by atoms with Gasteiger partial charge in [-0.05, 0) is 41.8 Å². The summed E-state index contributed by atoms with van der Waals surface area (Å²) in [4.78, 5) is 35.6. The van der Waals surface area contributed by atoms with Gasteiger partial charge in [-0.2, -0.15) is 0 Å². The zero-order chi connectivity index (χ0) is 22.5. The fraction of sp³-hybridized carbons (Fsp3) is 0.250. The minimum Gasteiger partial charge on any atom is -0.493 e. The van der Waals surface area contributed by atoms with Gasteiger partial charge in [0, 0.05) is 17.5 Å². The molecule has 0 atom stereocenters. The quantitative estimate of drug-likeness (QED) is 0.248. The van der Waals surface area contributed by atoms with E-state index in [0.29, 0.717) is 6.61 Å². The molecule has 0 aliphatic carbocycles. The molecule has 8 heteroatoms. The van der Waals surface area contributed by atoms with Crippen LogP contribution in [0, 0.1) is 10.1 Å². The Hall–Kier alpha value is -3.39. The highest BCUT2D eigenvalue weighted by Gasteiger charge is 2.30. The van der Waals surface area contributed by atoms with Crippen LogP contribution in [0.25, 0.3) is 10.8 Å². The molecule has 0 bridgehead atoms. The molecule has 7 nitrogen and oxygen atoms in total. The summed E-state index contributed by atoms with van der Waals surface area (Å²) in [5.41, 5.74) is 2.08. The number of aryl methyl sites for hydroxylation is 1. The Kier molecular flexibility index (Phi) is 6.70. The molecule has 1 saturated heterocycles. The standard InChI is InChI=1S/C24H22N2O5S/c27-23-16-32-24(28)25(23)15-18-10-13-22(21-7-2-1-6-20(18)21)31-14-4-3-5-17-8-11-19(12-9-17)26(29)30/h1-2,6-13H,3-5,14-16H2. The maximum Gasteiger partial charge on any atom is 0.289 e. The van der Waals surface area contributed by atoms with Gasteiger partial charge in [-0.1, -0.05) is 54.2 Å². The Balaban J connectivity index is 1.36. The summed E-state index contributed by atoms with van der Waals surface area (Å²) in [6.07, 6.45) is 2.59. The topological polar surface area (TPSA) is 89.8 Å². The van der Waals surface area contributed by atoms with E-state index < -0.39 is 4.92 Å². The lowest BCUT2D eigenvalue weighted by Gasteiger charge is -2.16. The molecule has 0 aromatic heterocycles. The average Bonchev–Trinajstić information content (AvgIpc) is 3.12. The van der Waals surface area contributed by atoms with Gasteiger partial charge in [0.25, 0.3) is 10.9 Å². The Morgan fingerprint density at radius 1 is 0.969 bits per heavy atom. The number of nitrogens with zero attached hydrogens (tertiary/aromatic N) is 2. The molecule has 164 valence electrons. The highest BCUT2D eigenvalue weighted by Crippen LogP contribution is 2.31. The lowest BCUT2D eigenvalue weighted by atomic mass is 10.0. The molecule has 1 aliphatic rings. The number of fused-ring (bicyclic) bond motifs is 1. The Morgan fingerprint density at radius 2 is 1.72 bits per heavy atom. The molecule has 1 fully saturated rings. The van der Waals surface area contributed by atoms with Crippen LogP contribution in [0.2, 0.25) is 0 Å². The molecule has 3 aromatic rings. The van der Waals surface area contributed by atoms with E-state index in [0.717, 1.165) is 58.7 Å². The summed E-state index contributed by atoms with van der Waals surface area (Å²) >= 11 is 1.04. The van der Waals surface area contributed by atoms with Gasteiger partial charge in [0.2, 0.25) is 5.91 Å². The number of benzene rings is 3. The molecule has 0 spiro atoms. The number of nitro groups is 1. The van der Waals surface area contributed by atoms with Gasteiger partial charge in [-0.15, -0.1) is 0 Å². The van der Waals surface area contributed by atoms with Gasteiger partial charge in [0.05, 0.1) is 23.8 Å². The summed E-state index contributed by atoms with van der Waals surface area (Å²) < 4.78 is 6.03. The van der Waals surface area contributed by atoms with E-state index in [1.807, 2.05) is 36.4 Å². The third-order valence-corrected chi connectivity index (χ3v) is 6.27. The van der Waals surface area contributed by atoms with Crippen LogP contribution in [0.3, 0.4) is 0 Å². The zero-order valence-electron chi connectivity index (χ0n) is 17.4. The molecule has 32 heavy (non-hydrogen) atoms. The van der Waals surface area contributed by atoms with E-state index in [4.69, 9.17) is 4.74 Å². The summed E-state index contributed by atoms with van der Waals surface area (Å²) in [7, 11) is 0. The number of amides is 2. The molecular formula is C24H22N2O5S. The molecule has 0 unspecified atom stereocenters. The predicted octanol–water partition coefficient (Wildman–Crippen LogP) is 5.35. The van der Waals surface area contributed by atoms with Crippen LogP contribution in [0.5, 0.6) is 5.75 Å². The number of imide groups is 1. The van der Waals surface area contributed by atoms with Crippen LogP contribution >= 0.6 is 11.8 Å². The highest BCUT2D eigenvalue weighted by atomic mass is 32.2. The Morgan fingerprint density at radius 3 is 2.41 bits per heavy atom. The second-order valence-electron chi connectivity index (χ2n) is 7.53. The van der Waals surface area contributed by atoms with E-state index in [2.05, 4.69) is 0 Å².